The van der Waals surface area contributed by atoms with E-state index in [1.807, 2.05) is 0 Å². The predicted molar refractivity (Wildman–Crippen MR) is 54.1 cm³/mol. The van der Waals surface area contributed by atoms with E-state index in [4.69, 9.17) is 5.11 Å². The van der Waals surface area contributed by atoms with Crippen LogP contribution in [0.3, 0.4) is 0 Å². The molecule has 2 rings (SSSR count). The fourth-order valence-electron chi connectivity index (χ4n) is 2.55. The summed E-state index contributed by atoms with van der Waals surface area (Å²) in [7, 11) is 0. The molecule has 14 heavy (non-hydrogen) atoms. The molecular formula is C11H19NO2. The molecule has 2 fully saturated rings. The summed E-state index contributed by atoms with van der Waals surface area (Å²) in [6.45, 7) is 5.20. The minimum absolute atomic E-state index is 0.187. The average molecular weight is 197 g/mol. The monoisotopic (exact) mass is 197 g/mol. The van der Waals surface area contributed by atoms with Crippen molar-refractivity contribution in [3.63, 3.8) is 0 Å². The predicted octanol–water partition coefficient (Wildman–Crippen LogP) is 1.58. The van der Waals surface area contributed by atoms with Crippen LogP contribution in [-0.2, 0) is 4.79 Å². The zero-order valence-corrected chi connectivity index (χ0v) is 8.83. The minimum Gasteiger partial charge on any atom is -0.481 e. The van der Waals surface area contributed by atoms with Crippen LogP contribution in [0.4, 0.5) is 0 Å². The topological polar surface area (TPSA) is 40.5 Å². The van der Waals surface area contributed by atoms with Gasteiger partial charge in [0, 0.05) is 13.1 Å². The number of nitrogens with zero attached hydrogens (tertiary/aromatic N) is 1. The van der Waals surface area contributed by atoms with E-state index < -0.39 is 5.97 Å². The summed E-state index contributed by atoms with van der Waals surface area (Å²) in [6, 6.07) is 0. The van der Waals surface area contributed by atoms with Crippen LogP contribution in [-0.4, -0.2) is 35.6 Å². The molecule has 1 atom stereocenters. The molecule has 1 saturated heterocycles. The highest BCUT2D eigenvalue weighted by Gasteiger charge is 2.46. The summed E-state index contributed by atoms with van der Waals surface area (Å²) in [4.78, 5) is 13.0. The second-order valence-electron chi connectivity index (χ2n) is 5.09. The van der Waals surface area contributed by atoms with Gasteiger partial charge in [0.1, 0.15) is 0 Å². The Morgan fingerprint density at radius 1 is 1.50 bits per heavy atom. The van der Waals surface area contributed by atoms with Crippen molar-refractivity contribution in [1.82, 2.24) is 4.90 Å². The Labute approximate surface area is 85.1 Å². The highest BCUT2D eigenvalue weighted by molar-refractivity contribution is 5.69. The van der Waals surface area contributed by atoms with Crippen LogP contribution in [0.15, 0.2) is 0 Å². The van der Waals surface area contributed by atoms with Crippen LogP contribution < -0.4 is 0 Å². The third-order valence-electron chi connectivity index (χ3n) is 3.83. The molecular weight excluding hydrogens is 178 g/mol. The molecule has 0 aromatic rings. The maximum atomic E-state index is 10.6. The van der Waals surface area contributed by atoms with Crippen molar-refractivity contribution >= 4 is 5.97 Å². The zero-order chi connectivity index (χ0) is 10.2. The number of likely N-dealkylation sites (tertiary alicyclic amines) is 1. The summed E-state index contributed by atoms with van der Waals surface area (Å²) in [5.41, 5.74) is 0.673. The van der Waals surface area contributed by atoms with E-state index in [0.717, 1.165) is 13.0 Å². The Bertz CT molecular complexity index is 227. The molecule has 0 amide bonds. The third-order valence-corrected chi connectivity index (χ3v) is 3.83. The molecule has 0 aromatic heterocycles. The second kappa shape index (κ2) is 3.54. The standard InChI is InChI=1S/C11H19NO2/c1-9(10(13)14)3-6-12-7-11(8-12)4-2-5-11/h9H,2-8H2,1H3,(H,13,14). The van der Waals surface area contributed by atoms with Gasteiger partial charge in [-0.3, -0.25) is 4.79 Å². The van der Waals surface area contributed by atoms with Crippen molar-refractivity contribution in [2.24, 2.45) is 11.3 Å². The molecule has 1 heterocycles. The Morgan fingerprint density at radius 2 is 2.14 bits per heavy atom. The van der Waals surface area contributed by atoms with Gasteiger partial charge in [-0.05, 0) is 31.2 Å². The number of carboxylic acid groups (broad SMARTS) is 1. The summed E-state index contributed by atoms with van der Waals surface area (Å²) < 4.78 is 0. The Kier molecular flexibility index (Phi) is 2.52. The molecule has 0 aromatic carbocycles. The Balaban J connectivity index is 1.62. The molecule has 1 N–H and O–H groups in total. The largest absolute Gasteiger partial charge is 0.481 e. The van der Waals surface area contributed by atoms with Crippen molar-refractivity contribution in [3.05, 3.63) is 0 Å². The van der Waals surface area contributed by atoms with Gasteiger partial charge in [-0.1, -0.05) is 13.3 Å². The van der Waals surface area contributed by atoms with Crippen LogP contribution in [0.5, 0.6) is 0 Å². The van der Waals surface area contributed by atoms with Crippen molar-refractivity contribution in [1.29, 1.82) is 0 Å². The molecule has 1 unspecified atom stereocenters. The van der Waals surface area contributed by atoms with E-state index in [0.29, 0.717) is 5.41 Å². The lowest BCUT2D eigenvalue weighted by Gasteiger charge is -2.56. The first-order valence-corrected chi connectivity index (χ1v) is 5.56. The summed E-state index contributed by atoms with van der Waals surface area (Å²) in [6.07, 6.45) is 5.00. The van der Waals surface area contributed by atoms with Gasteiger partial charge in [0.25, 0.3) is 0 Å². The molecule has 2 aliphatic rings. The van der Waals surface area contributed by atoms with Crippen molar-refractivity contribution < 1.29 is 9.90 Å². The molecule has 0 bridgehead atoms. The number of rotatable bonds is 4. The van der Waals surface area contributed by atoms with Crippen molar-refractivity contribution in [2.75, 3.05) is 19.6 Å². The zero-order valence-electron chi connectivity index (χ0n) is 8.83. The molecule has 3 heteroatoms. The first-order chi connectivity index (χ1) is 6.61. The Hall–Kier alpha value is -0.570. The summed E-state index contributed by atoms with van der Waals surface area (Å²) in [5.74, 6) is -0.850. The first kappa shape index (κ1) is 9.97. The van der Waals surface area contributed by atoms with E-state index in [-0.39, 0.29) is 5.92 Å². The van der Waals surface area contributed by atoms with E-state index in [9.17, 15) is 4.79 Å². The Morgan fingerprint density at radius 3 is 2.57 bits per heavy atom. The van der Waals surface area contributed by atoms with Crippen LogP contribution in [0.2, 0.25) is 0 Å². The molecule has 1 aliphatic heterocycles. The molecule has 3 nitrogen and oxygen atoms in total. The van der Waals surface area contributed by atoms with Gasteiger partial charge in [0.15, 0.2) is 0 Å². The quantitative estimate of drug-likeness (QED) is 0.744. The van der Waals surface area contributed by atoms with E-state index in [1.54, 1.807) is 6.92 Å². The molecule has 1 saturated carbocycles. The number of carboxylic acids is 1. The first-order valence-electron chi connectivity index (χ1n) is 5.56. The normalized spacial score (nSPS) is 26.6. The highest BCUT2D eigenvalue weighted by Crippen LogP contribution is 2.47. The lowest BCUT2D eigenvalue weighted by Crippen LogP contribution is -2.59. The number of carbonyl (C=O) groups is 1. The lowest BCUT2D eigenvalue weighted by atomic mass is 9.63. The third kappa shape index (κ3) is 1.78. The van der Waals surface area contributed by atoms with Crippen LogP contribution in [0, 0.1) is 11.3 Å². The lowest BCUT2D eigenvalue weighted by molar-refractivity contribution is -0.141. The number of aliphatic carboxylic acids is 1. The maximum absolute atomic E-state index is 10.6. The average Bonchev–Trinajstić information content (AvgIpc) is 1.97. The minimum atomic E-state index is -0.663. The van der Waals surface area contributed by atoms with Gasteiger partial charge in [-0.25, -0.2) is 0 Å². The van der Waals surface area contributed by atoms with Crippen molar-refractivity contribution in [2.45, 2.75) is 32.6 Å². The second-order valence-corrected chi connectivity index (χ2v) is 5.09. The van der Waals surface area contributed by atoms with Gasteiger partial charge in [-0.15, -0.1) is 0 Å². The molecule has 80 valence electrons. The summed E-state index contributed by atoms with van der Waals surface area (Å²) in [5, 5.41) is 8.73. The SMILES string of the molecule is CC(CCN1CC2(CCC2)C1)C(=O)O. The van der Waals surface area contributed by atoms with Gasteiger partial charge >= 0.3 is 5.97 Å². The van der Waals surface area contributed by atoms with Crippen LogP contribution >= 0.6 is 0 Å². The highest BCUT2D eigenvalue weighted by atomic mass is 16.4. The van der Waals surface area contributed by atoms with E-state index in [2.05, 4.69) is 4.90 Å². The maximum Gasteiger partial charge on any atom is 0.306 e. The van der Waals surface area contributed by atoms with Gasteiger partial charge in [0.2, 0.25) is 0 Å². The molecule has 0 radical (unpaired) electrons. The van der Waals surface area contributed by atoms with Gasteiger partial charge < -0.3 is 10.0 Å². The smallest absolute Gasteiger partial charge is 0.306 e. The fraction of sp³-hybridized carbons (Fsp3) is 0.909. The van der Waals surface area contributed by atoms with Gasteiger partial charge in [0.05, 0.1) is 5.92 Å². The van der Waals surface area contributed by atoms with E-state index >= 15 is 0 Å². The molecule has 1 spiro atoms. The number of hydrogen-bond acceptors (Lipinski definition) is 2. The van der Waals surface area contributed by atoms with E-state index in [1.165, 1.54) is 32.4 Å². The molecule has 1 aliphatic carbocycles. The van der Waals surface area contributed by atoms with Crippen LogP contribution in [0.1, 0.15) is 32.6 Å². The fourth-order valence-corrected chi connectivity index (χ4v) is 2.55. The van der Waals surface area contributed by atoms with Crippen LogP contribution in [0.25, 0.3) is 0 Å². The van der Waals surface area contributed by atoms with Crippen molar-refractivity contribution in [3.8, 4) is 0 Å². The summed E-state index contributed by atoms with van der Waals surface area (Å²) >= 11 is 0. The number of hydrogen-bond donors (Lipinski definition) is 1. The van der Waals surface area contributed by atoms with Gasteiger partial charge in [-0.2, -0.15) is 0 Å².